The van der Waals surface area contributed by atoms with Gasteiger partial charge in [-0.2, -0.15) is 0 Å². The topological polar surface area (TPSA) is 102 Å². The fourth-order valence-electron chi connectivity index (χ4n) is 2.94. The van der Waals surface area contributed by atoms with Crippen LogP contribution in [-0.2, 0) is 4.79 Å². The molecule has 4 aromatic rings. The number of amides is 1. The Morgan fingerprint density at radius 2 is 1.90 bits per heavy atom. The summed E-state index contributed by atoms with van der Waals surface area (Å²) >= 11 is 1.26. The molecule has 0 aliphatic rings. The van der Waals surface area contributed by atoms with Crippen LogP contribution in [0.15, 0.2) is 78.2 Å². The number of anilines is 1. The van der Waals surface area contributed by atoms with Crippen molar-refractivity contribution >= 4 is 23.4 Å². The average Bonchev–Trinajstić information content (AvgIpc) is 3.22. The lowest BCUT2D eigenvalue weighted by molar-refractivity contribution is -0.113. The number of phenols is 1. The molecular weight excluding hydrogens is 414 g/mol. The van der Waals surface area contributed by atoms with E-state index in [9.17, 15) is 9.90 Å². The molecule has 4 rings (SSSR count). The van der Waals surface area contributed by atoms with Crippen LogP contribution in [0.25, 0.3) is 17.1 Å². The van der Waals surface area contributed by atoms with Crippen molar-refractivity contribution in [2.45, 2.75) is 5.16 Å². The third kappa shape index (κ3) is 4.84. The zero-order valence-corrected chi connectivity index (χ0v) is 17.4. The minimum absolute atomic E-state index is 0.0882. The first-order chi connectivity index (χ1) is 15.1. The summed E-state index contributed by atoms with van der Waals surface area (Å²) in [6.45, 7) is 0. The Kier molecular flexibility index (Phi) is 6.13. The molecule has 0 spiro atoms. The number of hydrogen-bond donors (Lipinski definition) is 2. The fraction of sp³-hybridized carbons (Fsp3) is 0.0909. The highest BCUT2D eigenvalue weighted by Gasteiger charge is 2.18. The molecule has 8 nitrogen and oxygen atoms in total. The second kappa shape index (κ2) is 9.31. The van der Waals surface area contributed by atoms with Crippen LogP contribution in [0.3, 0.4) is 0 Å². The Hall–Kier alpha value is -3.85. The van der Waals surface area contributed by atoms with Crippen molar-refractivity contribution in [3.05, 3.63) is 73.1 Å². The predicted molar refractivity (Wildman–Crippen MR) is 119 cm³/mol. The summed E-state index contributed by atoms with van der Waals surface area (Å²) in [5.41, 5.74) is 2.19. The molecule has 2 N–H and O–H groups in total. The zero-order chi connectivity index (χ0) is 21.6. The molecule has 2 heterocycles. The molecule has 156 valence electrons. The van der Waals surface area contributed by atoms with Crippen molar-refractivity contribution in [2.75, 3.05) is 18.2 Å². The first-order valence-electron chi connectivity index (χ1n) is 9.36. The lowest BCUT2D eigenvalue weighted by Gasteiger charge is -2.11. The number of hydrogen-bond acceptors (Lipinski definition) is 7. The highest BCUT2D eigenvalue weighted by Crippen LogP contribution is 2.29. The number of pyridine rings is 1. The Bertz CT molecular complexity index is 1200. The summed E-state index contributed by atoms with van der Waals surface area (Å²) in [5.74, 6) is 1.32. The molecule has 31 heavy (non-hydrogen) atoms. The van der Waals surface area contributed by atoms with Gasteiger partial charge in [0.15, 0.2) is 11.0 Å². The van der Waals surface area contributed by atoms with Gasteiger partial charge >= 0.3 is 0 Å². The van der Waals surface area contributed by atoms with Crippen molar-refractivity contribution < 1.29 is 14.6 Å². The van der Waals surface area contributed by atoms with Crippen LogP contribution in [-0.4, -0.2) is 43.6 Å². The van der Waals surface area contributed by atoms with Gasteiger partial charge in [0, 0.05) is 35.8 Å². The minimum Gasteiger partial charge on any atom is -0.508 e. The number of nitrogens with zero attached hydrogens (tertiary/aromatic N) is 4. The van der Waals surface area contributed by atoms with E-state index in [1.54, 1.807) is 37.7 Å². The number of nitrogens with one attached hydrogen (secondary N) is 1. The number of aromatic hydroxyl groups is 1. The summed E-state index contributed by atoms with van der Waals surface area (Å²) in [6.07, 6.45) is 3.38. The first kappa shape index (κ1) is 20.4. The summed E-state index contributed by atoms with van der Waals surface area (Å²) in [4.78, 5) is 16.5. The van der Waals surface area contributed by atoms with Crippen LogP contribution in [0.1, 0.15) is 0 Å². The van der Waals surface area contributed by atoms with Crippen LogP contribution in [0.4, 0.5) is 5.69 Å². The maximum atomic E-state index is 12.4. The van der Waals surface area contributed by atoms with Crippen LogP contribution in [0, 0.1) is 0 Å². The van der Waals surface area contributed by atoms with E-state index in [0.29, 0.717) is 22.4 Å². The van der Waals surface area contributed by atoms with Crippen LogP contribution >= 0.6 is 11.8 Å². The normalized spacial score (nSPS) is 10.6. The van der Waals surface area contributed by atoms with Gasteiger partial charge in [0.2, 0.25) is 5.91 Å². The number of benzene rings is 2. The molecular formula is C22H19N5O3S. The maximum Gasteiger partial charge on any atom is 0.234 e. The molecule has 0 bridgehead atoms. The highest BCUT2D eigenvalue weighted by atomic mass is 32.2. The van der Waals surface area contributed by atoms with E-state index in [-0.39, 0.29) is 17.4 Å². The molecule has 2 aromatic carbocycles. The Labute approximate surface area is 182 Å². The Morgan fingerprint density at radius 1 is 1.10 bits per heavy atom. The van der Waals surface area contributed by atoms with Crippen molar-refractivity contribution in [1.29, 1.82) is 0 Å². The molecule has 0 aliphatic carbocycles. The van der Waals surface area contributed by atoms with E-state index in [1.165, 1.54) is 17.8 Å². The largest absolute Gasteiger partial charge is 0.508 e. The van der Waals surface area contributed by atoms with Gasteiger partial charge in [-0.05, 0) is 36.4 Å². The van der Waals surface area contributed by atoms with Crippen LogP contribution < -0.4 is 10.1 Å². The summed E-state index contributed by atoms with van der Waals surface area (Å²) in [5, 5.41) is 21.5. The number of methoxy groups -OCH3 is 1. The lowest BCUT2D eigenvalue weighted by Crippen LogP contribution is -2.14. The molecule has 1 amide bonds. The van der Waals surface area contributed by atoms with Gasteiger partial charge in [-0.1, -0.05) is 23.9 Å². The van der Waals surface area contributed by atoms with Crippen LogP contribution in [0.5, 0.6) is 11.5 Å². The molecule has 0 atom stereocenters. The highest BCUT2D eigenvalue weighted by molar-refractivity contribution is 7.99. The monoisotopic (exact) mass is 433 g/mol. The number of thioether (sulfide) groups is 1. The Balaban J connectivity index is 1.61. The lowest BCUT2D eigenvalue weighted by atomic mass is 10.2. The van der Waals surface area contributed by atoms with Crippen molar-refractivity contribution in [3.8, 4) is 28.6 Å². The number of aromatic nitrogens is 4. The van der Waals surface area contributed by atoms with E-state index in [2.05, 4.69) is 20.5 Å². The molecule has 0 radical (unpaired) electrons. The van der Waals surface area contributed by atoms with Gasteiger partial charge < -0.3 is 15.2 Å². The van der Waals surface area contributed by atoms with E-state index >= 15 is 0 Å². The van der Waals surface area contributed by atoms with Gasteiger partial charge in [-0.15, -0.1) is 10.2 Å². The molecule has 0 fully saturated rings. The molecule has 0 aliphatic heterocycles. The van der Waals surface area contributed by atoms with Gasteiger partial charge in [-0.25, -0.2) is 0 Å². The summed E-state index contributed by atoms with van der Waals surface area (Å²) in [6, 6.07) is 17.7. The van der Waals surface area contributed by atoms with E-state index in [1.807, 2.05) is 41.0 Å². The Morgan fingerprint density at radius 3 is 2.68 bits per heavy atom. The minimum atomic E-state index is -0.221. The van der Waals surface area contributed by atoms with E-state index in [4.69, 9.17) is 4.74 Å². The SMILES string of the molecule is COc1cccc(-n2c(SCC(=O)Nc3cccc(O)c3)nnc2-c2ccncc2)c1. The smallest absolute Gasteiger partial charge is 0.234 e. The number of rotatable bonds is 7. The second-order valence-electron chi connectivity index (χ2n) is 6.47. The fourth-order valence-corrected chi connectivity index (χ4v) is 3.70. The van der Waals surface area contributed by atoms with Gasteiger partial charge in [0.25, 0.3) is 0 Å². The third-order valence-corrected chi connectivity index (χ3v) is 5.27. The summed E-state index contributed by atoms with van der Waals surface area (Å²) < 4.78 is 7.24. The predicted octanol–water partition coefficient (Wildman–Crippen LogP) is 3.77. The van der Waals surface area contributed by atoms with E-state index in [0.717, 1.165) is 11.3 Å². The van der Waals surface area contributed by atoms with Crippen molar-refractivity contribution in [1.82, 2.24) is 19.7 Å². The molecule has 0 saturated heterocycles. The quantitative estimate of drug-likeness (QED) is 0.428. The summed E-state index contributed by atoms with van der Waals surface area (Å²) in [7, 11) is 1.61. The van der Waals surface area contributed by atoms with Crippen LogP contribution in [0.2, 0.25) is 0 Å². The molecule has 2 aromatic heterocycles. The number of carbonyl (C=O) groups excluding carboxylic acids is 1. The molecule has 0 unspecified atom stereocenters. The maximum absolute atomic E-state index is 12.4. The van der Waals surface area contributed by atoms with Gasteiger partial charge in [-0.3, -0.25) is 14.3 Å². The van der Waals surface area contributed by atoms with Gasteiger partial charge in [0.05, 0.1) is 18.6 Å². The number of ether oxygens (including phenoxy) is 1. The number of phenolic OH excluding ortho intramolecular Hbond substituents is 1. The second-order valence-corrected chi connectivity index (χ2v) is 7.41. The van der Waals surface area contributed by atoms with Crippen molar-refractivity contribution in [2.24, 2.45) is 0 Å². The van der Waals surface area contributed by atoms with E-state index < -0.39 is 0 Å². The molecule has 9 heteroatoms. The average molecular weight is 433 g/mol. The zero-order valence-electron chi connectivity index (χ0n) is 16.6. The number of carbonyl (C=O) groups is 1. The van der Waals surface area contributed by atoms with Gasteiger partial charge in [0.1, 0.15) is 11.5 Å². The molecule has 0 saturated carbocycles. The first-order valence-corrected chi connectivity index (χ1v) is 10.3. The standard InChI is InChI=1S/C22H19N5O3S/c1-30-19-7-3-5-17(13-19)27-21(15-8-10-23-11-9-15)25-26-22(27)31-14-20(29)24-16-4-2-6-18(28)12-16/h2-13,28H,14H2,1H3,(H,24,29). The third-order valence-electron chi connectivity index (χ3n) is 4.35. The van der Waals surface area contributed by atoms with Crippen molar-refractivity contribution in [3.63, 3.8) is 0 Å².